The highest BCUT2D eigenvalue weighted by Crippen LogP contribution is 2.23. The summed E-state index contributed by atoms with van der Waals surface area (Å²) in [4.78, 5) is 7.65. The van der Waals surface area contributed by atoms with Crippen molar-refractivity contribution >= 4 is 0 Å². The third-order valence-corrected chi connectivity index (χ3v) is 4.84. The number of hydrogen-bond donors (Lipinski definition) is 1. The summed E-state index contributed by atoms with van der Waals surface area (Å²) < 4.78 is 0. The van der Waals surface area contributed by atoms with Crippen molar-refractivity contribution in [3.05, 3.63) is 0 Å². The fraction of sp³-hybridized carbons (Fsp3) is 1.00. The van der Waals surface area contributed by atoms with E-state index in [0.29, 0.717) is 0 Å². The summed E-state index contributed by atoms with van der Waals surface area (Å²) in [6, 6.07) is 1.59. The summed E-state index contributed by atoms with van der Waals surface area (Å²) in [6.45, 7) is 7.47. The maximum absolute atomic E-state index is 3.47. The second-order valence-corrected chi connectivity index (χ2v) is 6.49. The van der Waals surface area contributed by atoms with E-state index < -0.39 is 0 Å². The molecule has 1 saturated carbocycles. The van der Waals surface area contributed by atoms with Crippen LogP contribution in [0, 0.1) is 0 Å². The summed E-state index contributed by atoms with van der Waals surface area (Å²) in [5, 5.41) is 3.47. The standard InChI is InChI=1S/C15H32N4/c1-16-14-5-4-6-15(13-14)19-11-9-18(10-12-19)8-7-17(2)3/h14-16H,4-13H2,1-3H3. The van der Waals surface area contributed by atoms with E-state index in [-0.39, 0.29) is 0 Å². The van der Waals surface area contributed by atoms with Crippen LogP contribution in [0.5, 0.6) is 0 Å². The van der Waals surface area contributed by atoms with E-state index in [2.05, 4.69) is 41.2 Å². The van der Waals surface area contributed by atoms with Crippen LogP contribution in [0.2, 0.25) is 0 Å². The molecule has 1 saturated heterocycles. The zero-order valence-corrected chi connectivity index (χ0v) is 13.1. The average Bonchev–Trinajstić information content (AvgIpc) is 2.45. The highest BCUT2D eigenvalue weighted by molar-refractivity contribution is 4.86. The molecule has 4 heteroatoms. The van der Waals surface area contributed by atoms with E-state index in [1.165, 1.54) is 65.0 Å². The quantitative estimate of drug-likeness (QED) is 0.792. The van der Waals surface area contributed by atoms with Gasteiger partial charge in [-0.25, -0.2) is 0 Å². The maximum atomic E-state index is 3.47. The van der Waals surface area contributed by atoms with Gasteiger partial charge < -0.3 is 10.2 Å². The number of rotatable bonds is 5. The highest BCUT2D eigenvalue weighted by atomic mass is 15.3. The van der Waals surface area contributed by atoms with Crippen LogP contribution in [0.4, 0.5) is 0 Å². The molecule has 1 N–H and O–H groups in total. The Bertz CT molecular complexity index is 249. The average molecular weight is 268 g/mol. The van der Waals surface area contributed by atoms with Crippen molar-refractivity contribution in [3.63, 3.8) is 0 Å². The van der Waals surface area contributed by atoms with E-state index in [0.717, 1.165) is 12.1 Å². The molecular formula is C15H32N4. The molecule has 1 aliphatic heterocycles. The molecule has 0 amide bonds. The Kier molecular flexibility index (Phi) is 6.07. The smallest absolute Gasteiger partial charge is 0.0113 e. The van der Waals surface area contributed by atoms with Crippen LogP contribution >= 0.6 is 0 Å². The van der Waals surface area contributed by atoms with Crippen LogP contribution in [-0.4, -0.2) is 87.2 Å². The number of piperazine rings is 1. The molecule has 0 aromatic heterocycles. The van der Waals surface area contributed by atoms with Crippen molar-refractivity contribution < 1.29 is 0 Å². The van der Waals surface area contributed by atoms with Crippen LogP contribution < -0.4 is 5.32 Å². The van der Waals surface area contributed by atoms with Gasteiger partial charge >= 0.3 is 0 Å². The van der Waals surface area contributed by atoms with E-state index in [4.69, 9.17) is 0 Å². The zero-order chi connectivity index (χ0) is 13.7. The Morgan fingerprint density at radius 2 is 1.84 bits per heavy atom. The van der Waals surface area contributed by atoms with Crippen LogP contribution in [-0.2, 0) is 0 Å². The van der Waals surface area contributed by atoms with Crippen LogP contribution in [0.25, 0.3) is 0 Å². The van der Waals surface area contributed by atoms with Gasteiger partial charge in [-0.2, -0.15) is 0 Å². The van der Waals surface area contributed by atoms with Crippen molar-refractivity contribution in [2.45, 2.75) is 37.8 Å². The first-order chi connectivity index (χ1) is 9.19. The van der Waals surface area contributed by atoms with E-state index >= 15 is 0 Å². The van der Waals surface area contributed by atoms with Gasteiger partial charge in [0.25, 0.3) is 0 Å². The Morgan fingerprint density at radius 3 is 2.47 bits per heavy atom. The lowest BCUT2D eigenvalue weighted by molar-refractivity contribution is 0.0698. The van der Waals surface area contributed by atoms with Gasteiger partial charge in [-0.15, -0.1) is 0 Å². The predicted molar refractivity (Wildman–Crippen MR) is 81.7 cm³/mol. The van der Waals surface area contributed by atoms with Crippen LogP contribution in [0.15, 0.2) is 0 Å². The zero-order valence-electron chi connectivity index (χ0n) is 13.1. The molecule has 2 fully saturated rings. The number of nitrogens with one attached hydrogen (secondary N) is 1. The predicted octanol–water partition coefficient (Wildman–Crippen LogP) is 0.696. The molecule has 4 nitrogen and oxygen atoms in total. The van der Waals surface area contributed by atoms with Crippen molar-refractivity contribution in [2.24, 2.45) is 0 Å². The molecule has 19 heavy (non-hydrogen) atoms. The van der Waals surface area contributed by atoms with Gasteiger partial charge in [0.2, 0.25) is 0 Å². The third kappa shape index (κ3) is 4.71. The fourth-order valence-electron chi connectivity index (χ4n) is 3.45. The first-order valence-corrected chi connectivity index (χ1v) is 7.97. The van der Waals surface area contributed by atoms with Gasteiger partial charge in [0.15, 0.2) is 0 Å². The van der Waals surface area contributed by atoms with Crippen LogP contribution in [0.1, 0.15) is 25.7 Å². The largest absolute Gasteiger partial charge is 0.317 e. The highest BCUT2D eigenvalue weighted by Gasteiger charge is 2.28. The maximum Gasteiger partial charge on any atom is 0.0113 e. The summed E-state index contributed by atoms with van der Waals surface area (Å²) in [5.74, 6) is 0. The van der Waals surface area contributed by atoms with E-state index in [9.17, 15) is 0 Å². The molecule has 112 valence electrons. The van der Waals surface area contributed by atoms with Crippen molar-refractivity contribution in [1.82, 2.24) is 20.0 Å². The van der Waals surface area contributed by atoms with E-state index in [1.807, 2.05) is 0 Å². The SMILES string of the molecule is CNC1CCCC(N2CCN(CCN(C)C)CC2)C1. The minimum atomic E-state index is 0.755. The van der Waals surface area contributed by atoms with E-state index in [1.54, 1.807) is 0 Å². The normalized spacial score (nSPS) is 30.9. The van der Waals surface area contributed by atoms with Gasteiger partial charge in [0.05, 0.1) is 0 Å². The van der Waals surface area contributed by atoms with Gasteiger partial charge in [0, 0.05) is 51.4 Å². The molecule has 1 aliphatic carbocycles. The first kappa shape index (κ1) is 15.2. The summed E-state index contributed by atoms with van der Waals surface area (Å²) >= 11 is 0. The number of likely N-dealkylation sites (N-methyl/N-ethyl adjacent to an activating group) is 1. The lowest BCUT2D eigenvalue weighted by atomic mass is 9.89. The van der Waals surface area contributed by atoms with Crippen LogP contribution in [0.3, 0.4) is 0 Å². The molecule has 0 spiro atoms. The molecular weight excluding hydrogens is 236 g/mol. The molecule has 0 aromatic rings. The minimum Gasteiger partial charge on any atom is -0.317 e. The summed E-state index contributed by atoms with van der Waals surface area (Å²) in [7, 11) is 6.44. The Balaban J connectivity index is 1.70. The lowest BCUT2D eigenvalue weighted by Crippen LogP contribution is -2.53. The molecule has 0 radical (unpaired) electrons. The number of nitrogens with zero attached hydrogens (tertiary/aromatic N) is 3. The monoisotopic (exact) mass is 268 g/mol. The molecule has 1 heterocycles. The van der Waals surface area contributed by atoms with Gasteiger partial charge in [-0.1, -0.05) is 6.42 Å². The topological polar surface area (TPSA) is 21.8 Å². The minimum absolute atomic E-state index is 0.755. The third-order valence-electron chi connectivity index (χ3n) is 4.84. The Hall–Kier alpha value is -0.160. The second-order valence-electron chi connectivity index (χ2n) is 6.49. The first-order valence-electron chi connectivity index (χ1n) is 7.97. The van der Waals surface area contributed by atoms with Gasteiger partial charge in [-0.05, 0) is 40.4 Å². The molecule has 2 rings (SSSR count). The molecule has 2 unspecified atom stereocenters. The fourth-order valence-corrected chi connectivity index (χ4v) is 3.45. The Labute approximate surface area is 119 Å². The van der Waals surface area contributed by atoms with Gasteiger partial charge in [0.1, 0.15) is 0 Å². The molecule has 0 bridgehead atoms. The van der Waals surface area contributed by atoms with Crippen molar-refractivity contribution in [2.75, 3.05) is 60.4 Å². The molecule has 0 aromatic carbocycles. The van der Waals surface area contributed by atoms with Gasteiger partial charge in [-0.3, -0.25) is 9.80 Å². The summed E-state index contributed by atoms with van der Waals surface area (Å²) in [5.41, 5.74) is 0. The van der Waals surface area contributed by atoms with Crippen molar-refractivity contribution in [3.8, 4) is 0 Å². The number of hydrogen-bond acceptors (Lipinski definition) is 4. The summed E-state index contributed by atoms with van der Waals surface area (Å²) in [6.07, 6.45) is 5.54. The molecule has 2 aliphatic rings. The lowest BCUT2D eigenvalue weighted by Gasteiger charge is -2.42. The van der Waals surface area contributed by atoms with Crippen molar-refractivity contribution in [1.29, 1.82) is 0 Å². The Morgan fingerprint density at radius 1 is 1.11 bits per heavy atom. The molecule has 2 atom stereocenters. The second kappa shape index (κ2) is 7.58.